The summed E-state index contributed by atoms with van der Waals surface area (Å²) in [5, 5.41) is 20.5. The van der Waals surface area contributed by atoms with Gasteiger partial charge in [-0.15, -0.1) is 0 Å². The Kier molecular flexibility index (Phi) is 6.63. The second kappa shape index (κ2) is 9.54. The minimum atomic E-state index is -0.746. The molecule has 3 amide bonds. The summed E-state index contributed by atoms with van der Waals surface area (Å²) in [5.41, 5.74) is 4.88. The van der Waals surface area contributed by atoms with Gasteiger partial charge < -0.3 is 14.9 Å². The molecule has 4 N–H and O–H groups in total. The van der Waals surface area contributed by atoms with E-state index < -0.39 is 11.9 Å². The van der Waals surface area contributed by atoms with Crippen molar-refractivity contribution in [1.82, 2.24) is 36.1 Å². The summed E-state index contributed by atoms with van der Waals surface area (Å²) in [4.78, 5) is 28.2. The number of hydrazine groups is 1. The lowest BCUT2D eigenvalue weighted by Gasteiger charge is -2.07. The van der Waals surface area contributed by atoms with Gasteiger partial charge in [-0.25, -0.2) is 14.9 Å². The van der Waals surface area contributed by atoms with Crippen LogP contribution >= 0.6 is 0 Å². The molecule has 0 radical (unpaired) electrons. The van der Waals surface area contributed by atoms with E-state index >= 15 is 0 Å². The maximum Gasteiger partial charge on any atom is 0.333 e. The van der Waals surface area contributed by atoms with Gasteiger partial charge in [0.25, 0.3) is 5.91 Å². The lowest BCUT2D eigenvalue weighted by Crippen LogP contribution is -2.47. The first-order valence-corrected chi connectivity index (χ1v) is 9.44. The third-order valence-electron chi connectivity index (χ3n) is 4.07. The van der Waals surface area contributed by atoms with Crippen molar-refractivity contribution in [2.24, 2.45) is 0 Å². The highest BCUT2D eigenvalue weighted by Crippen LogP contribution is 2.17. The Labute approximate surface area is 172 Å². The third kappa shape index (κ3) is 5.34. The molecule has 3 rings (SSSR count). The predicted molar refractivity (Wildman–Crippen MR) is 106 cm³/mol. The number of aryl methyl sites for hydroxylation is 1. The second-order valence-corrected chi connectivity index (χ2v) is 6.78. The molecule has 0 aliphatic heterocycles. The van der Waals surface area contributed by atoms with Crippen molar-refractivity contribution < 1.29 is 19.2 Å². The number of amides is 3. The van der Waals surface area contributed by atoms with Crippen LogP contribution in [0.3, 0.4) is 0 Å². The Morgan fingerprint density at radius 3 is 2.67 bits per heavy atom. The number of carbonyl (C=O) groups is 2. The van der Waals surface area contributed by atoms with E-state index in [9.17, 15) is 14.7 Å². The zero-order valence-corrected chi connectivity index (χ0v) is 16.6. The fourth-order valence-electron chi connectivity index (χ4n) is 2.50. The molecule has 158 valence electrons. The number of aromatic nitrogens is 4. The highest BCUT2D eigenvalue weighted by atomic mass is 16.5. The highest BCUT2D eigenvalue weighted by molar-refractivity contribution is 5.95. The molecule has 0 saturated heterocycles. The molecule has 2 heterocycles. The van der Waals surface area contributed by atoms with Gasteiger partial charge in [0.05, 0.1) is 11.9 Å². The average molecular weight is 413 g/mol. The third-order valence-corrected chi connectivity index (χ3v) is 4.07. The number of nitrogens with one attached hydrogen (secondary N) is 3. The van der Waals surface area contributed by atoms with Gasteiger partial charge in [0.2, 0.25) is 5.89 Å². The second-order valence-electron chi connectivity index (χ2n) is 6.78. The fraction of sp³-hybridized carbons (Fsp3) is 0.316. The Morgan fingerprint density at radius 1 is 1.20 bits per heavy atom. The van der Waals surface area contributed by atoms with Crippen molar-refractivity contribution in [1.29, 1.82) is 0 Å². The van der Waals surface area contributed by atoms with Gasteiger partial charge >= 0.3 is 6.03 Å². The zero-order chi connectivity index (χ0) is 21.5. The molecule has 0 bridgehead atoms. The van der Waals surface area contributed by atoms with Gasteiger partial charge in [-0.2, -0.15) is 10.1 Å². The smallest absolute Gasteiger partial charge is 0.333 e. The van der Waals surface area contributed by atoms with E-state index in [2.05, 4.69) is 31.4 Å². The highest BCUT2D eigenvalue weighted by Gasteiger charge is 2.17. The topological polar surface area (TPSA) is 147 Å². The zero-order valence-electron chi connectivity index (χ0n) is 16.6. The maximum absolute atomic E-state index is 12.2. The molecular weight excluding hydrogens is 390 g/mol. The summed E-state index contributed by atoms with van der Waals surface area (Å²) >= 11 is 0. The monoisotopic (exact) mass is 413 g/mol. The first-order chi connectivity index (χ1) is 14.4. The minimum Gasteiger partial charge on any atom is -0.504 e. The number of rotatable bonds is 7. The first-order valence-electron chi connectivity index (χ1n) is 9.44. The summed E-state index contributed by atoms with van der Waals surface area (Å²) in [6.45, 7) is 4.29. The number of benzene rings is 1. The van der Waals surface area contributed by atoms with Crippen LogP contribution < -0.4 is 16.2 Å². The maximum atomic E-state index is 12.2. The quantitative estimate of drug-likeness (QED) is 0.340. The number of hydrogen-bond acceptors (Lipinski definition) is 7. The van der Waals surface area contributed by atoms with Crippen LogP contribution in [0.4, 0.5) is 4.79 Å². The van der Waals surface area contributed by atoms with Gasteiger partial charge in [-0.05, 0) is 18.6 Å². The molecule has 11 nitrogen and oxygen atoms in total. The molecule has 0 fully saturated rings. The van der Waals surface area contributed by atoms with Crippen LogP contribution in [-0.2, 0) is 6.42 Å². The van der Waals surface area contributed by atoms with E-state index in [4.69, 9.17) is 4.52 Å². The van der Waals surface area contributed by atoms with Crippen molar-refractivity contribution in [3.8, 4) is 11.4 Å². The molecule has 0 atom stereocenters. The van der Waals surface area contributed by atoms with Crippen LogP contribution in [0.1, 0.15) is 48.4 Å². The Hall–Kier alpha value is -3.89. The van der Waals surface area contributed by atoms with Crippen LogP contribution in [0.25, 0.3) is 5.69 Å². The molecule has 0 unspecified atom stereocenters. The molecule has 11 heteroatoms. The predicted octanol–water partition coefficient (Wildman–Crippen LogP) is 1.66. The number of nitrogens with zero attached hydrogens (tertiary/aromatic N) is 4. The summed E-state index contributed by atoms with van der Waals surface area (Å²) in [7, 11) is 0. The van der Waals surface area contributed by atoms with Gasteiger partial charge in [0.1, 0.15) is 0 Å². The molecule has 0 aliphatic carbocycles. The number of urea groups is 1. The standard InChI is InChI=1S/C19H23N7O4/c1-12(2)17-21-15(30-25-17)9-6-10-20-19(29)23-22-18(28)16-14(27)11-26(24-16)13-7-4-3-5-8-13/h3-5,7-8,11-12,27H,6,9-10H2,1-2H3,(H,22,28)(H2,20,23,29). The number of hydrogen-bond donors (Lipinski definition) is 4. The average Bonchev–Trinajstić information content (AvgIpc) is 3.37. The summed E-state index contributed by atoms with van der Waals surface area (Å²) < 4.78 is 6.49. The van der Waals surface area contributed by atoms with Gasteiger partial charge in [-0.3, -0.25) is 10.2 Å². The van der Waals surface area contributed by atoms with E-state index in [0.29, 0.717) is 36.8 Å². The van der Waals surface area contributed by atoms with Crippen LogP contribution in [0.2, 0.25) is 0 Å². The lowest BCUT2D eigenvalue weighted by atomic mass is 10.2. The van der Waals surface area contributed by atoms with Gasteiger partial charge in [0, 0.05) is 18.9 Å². The largest absolute Gasteiger partial charge is 0.504 e. The first kappa shape index (κ1) is 20.8. The van der Waals surface area contributed by atoms with Gasteiger partial charge in [-0.1, -0.05) is 37.2 Å². The van der Waals surface area contributed by atoms with E-state index in [1.54, 1.807) is 24.3 Å². The Balaban J connectivity index is 1.41. The number of aromatic hydroxyl groups is 1. The number of para-hydroxylation sites is 1. The van der Waals surface area contributed by atoms with E-state index in [1.807, 2.05) is 19.9 Å². The van der Waals surface area contributed by atoms with Crippen molar-refractivity contribution in [2.45, 2.75) is 32.6 Å². The minimum absolute atomic E-state index is 0.188. The normalized spacial score (nSPS) is 10.8. The molecule has 3 aromatic rings. The van der Waals surface area contributed by atoms with Crippen LogP contribution in [0, 0.1) is 0 Å². The van der Waals surface area contributed by atoms with Crippen molar-refractivity contribution in [3.05, 3.63) is 53.9 Å². The van der Waals surface area contributed by atoms with E-state index in [0.717, 1.165) is 0 Å². The Bertz CT molecular complexity index is 997. The molecule has 0 aliphatic rings. The van der Waals surface area contributed by atoms with Crippen LogP contribution in [0.15, 0.2) is 41.1 Å². The summed E-state index contributed by atoms with van der Waals surface area (Å²) in [5.74, 6) is 0.298. The SMILES string of the molecule is CC(C)c1noc(CCCNC(=O)NNC(=O)c2nn(-c3ccccc3)cc2O)n1. The van der Waals surface area contributed by atoms with Crippen LogP contribution in [-0.4, -0.2) is 43.5 Å². The molecule has 30 heavy (non-hydrogen) atoms. The molecular formula is C19H23N7O4. The van der Waals surface area contributed by atoms with E-state index in [-0.39, 0.29) is 17.4 Å². The van der Waals surface area contributed by atoms with E-state index in [1.165, 1.54) is 10.9 Å². The van der Waals surface area contributed by atoms with Crippen LogP contribution in [0.5, 0.6) is 5.75 Å². The number of carbonyl (C=O) groups excluding carboxylic acids is 2. The lowest BCUT2D eigenvalue weighted by molar-refractivity contribution is 0.0928. The fourth-order valence-corrected chi connectivity index (χ4v) is 2.50. The summed E-state index contributed by atoms with van der Waals surface area (Å²) in [6, 6.07) is 8.41. The Morgan fingerprint density at radius 2 is 1.97 bits per heavy atom. The van der Waals surface area contributed by atoms with Gasteiger partial charge in [0.15, 0.2) is 17.3 Å². The van der Waals surface area contributed by atoms with Crippen molar-refractivity contribution in [2.75, 3.05) is 6.54 Å². The molecule has 2 aromatic heterocycles. The summed E-state index contributed by atoms with van der Waals surface area (Å²) in [6.07, 6.45) is 2.42. The molecule has 0 spiro atoms. The van der Waals surface area contributed by atoms with Crippen molar-refractivity contribution in [3.63, 3.8) is 0 Å². The molecule has 0 saturated carbocycles. The van der Waals surface area contributed by atoms with Crippen molar-refractivity contribution >= 4 is 11.9 Å². The molecule has 1 aromatic carbocycles.